The van der Waals surface area contributed by atoms with Crippen molar-refractivity contribution in [1.82, 2.24) is 0 Å². The van der Waals surface area contributed by atoms with Gasteiger partial charge in [0.05, 0.1) is 20.1 Å². The maximum absolute atomic E-state index is 12.1. The van der Waals surface area contributed by atoms with Crippen molar-refractivity contribution in [1.29, 1.82) is 0 Å². The highest BCUT2D eigenvalue weighted by Crippen LogP contribution is 2.26. The lowest BCUT2D eigenvalue weighted by Gasteiger charge is -2.35. The number of likely N-dealkylation sites (N-methyl/N-ethyl adjacent to an activating group) is 1. The Morgan fingerprint density at radius 3 is 2.42 bits per heavy atom. The smallest absolute Gasteiger partial charge is 0.279 e. The zero-order valence-electron chi connectivity index (χ0n) is 11.7. The van der Waals surface area contributed by atoms with Crippen molar-refractivity contribution in [3.63, 3.8) is 0 Å². The average Bonchev–Trinajstić information content (AvgIpc) is 2.85. The summed E-state index contributed by atoms with van der Waals surface area (Å²) in [6, 6.07) is 8.34. The third-order valence-corrected chi connectivity index (χ3v) is 4.52. The van der Waals surface area contributed by atoms with Crippen molar-refractivity contribution < 1.29 is 9.28 Å². The monoisotopic (exact) mass is 325 g/mol. The zero-order chi connectivity index (χ0) is 13.9. The summed E-state index contributed by atoms with van der Waals surface area (Å²) in [6.07, 6.45) is 5.11. The molecule has 1 N–H and O–H groups in total. The molecule has 0 heterocycles. The number of hydrogen-bond acceptors (Lipinski definition) is 1. The number of carbonyl (C=O) groups is 1. The van der Waals surface area contributed by atoms with Crippen LogP contribution in [0.4, 0.5) is 5.69 Å². The lowest BCUT2D eigenvalue weighted by atomic mass is 10.2. The van der Waals surface area contributed by atoms with Crippen LogP contribution in [0, 0.1) is 0 Å². The topological polar surface area (TPSA) is 29.1 Å². The Hall–Kier alpha value is -0.870. The van der Waals surface area contributed by atoms with Gasteiger partial charge >= 0.3 is 0 Å². The molecule has 0 aromatic heterocycles. The van der Waals surface area contributed by atoms with Crippen LogP contribution in [-0.4, -0.2) is 37.1 Å². The van der Waals surface area contributed by atoms with Crippen molar-refractivity contribution >= 4 is 27.5 Å². The van der Waals surface area contributed by atoms with Crippen molar-refractivity contribution in [2.75, 3.05) is 26.0 Å². The van der Waals surface area contributed by atoms with E-state index in [0.29, 0.717) is 12.6 Å². The standard InChI is InChI=1S/C15H21BrN2O/c1-18(2,14-5-3-4-6-14)11-15(19)17-13-9-7-12(16)8-10-13/h7-10,14H,3-6,11H2,1-2H3/p+1. The van der Waals surface area contributed by atoms with Gasteiger partial charge in [-0.3, -0.25) is 4.79 Å². The number of hydrogen-bond donors (Lipinski definition) is 1. The Labute approximate surface area is 123 Å². The molecule has 1 saturated carbocycles. The van der Waals surface area contributed by atoms with Crippen LogP contribution in [0.25, 0.3) is 0 Å². The predicted molar refractivity (Wildman–Crippen MR) is 82.0 cm³/mol. The number of nitrogens with zero attached hydrogens (tertiary/aromatic N) is 1. The third-order valence-electron chi connectivity index (χ3n) is 3.99. The minimum absolute atomic E-state index is 0.0965. The second kappa shape index (κ2) is 6.06. The quantitative estimate of drug-likeness (QED) is 0.844. The van der Waals surface area contributed by atoms with Crippen molar-refractivity contribution in [3.05, 3.63) is 28.7 Å². The summed E-state index contributed by atoms with van der Waals surface area (Å²) < 4.78 is 1.81. The molecule has 0 saturated heterocycles. The first kappa shape index (κ1) is 14.5. The Kier molecular flexibility index (Phi) is 4.63. The maximum atomic E-state index is 12.1. The van der Waals surface area contributed by atoms with Crippen LogP contribution in [0.5, 0.6) is 0 Å². The first-order valence-corrected chi connectivity index (χ1v) is 7.65. The fraction of sp³-hybridized carbons (Fsp3) is 0.533. The van der Waals surface area contributed by atoms with E-state index in [1.807, 2.05) is 24.3 Å². The molecular weight excluding hydrogens is 304 g/mol. The Morgan fingerprint density at radius 1 is 1.26 bits per heavy atom. The Morgan fingerprint density at radius 2 is 1.84 bits per heavy atom. The lowest BCUT2D eigenvalue weighted by Crippen LogP contribution is -2.51. The van der Waals surface area contributed by atoms with Crippen LogP contribution >= 0.6 is 15.9 Å². The highest BCUT2D eigenvalue weighted by atomic mass is 79.9. The van der Waals surface area contributed by atoms with E-state index >= 15 is 0 Å². The van der Waals surface area contributed by atoms with E-state index in [-0.39, 0.29) is 5.91 Å². The van der Waals surface area contributed by atoms with Gasteiger partial charge in [-0.15, -0.1) is 0 Å². The Bertz CT molecular complexity index is 436. The lowest BCUT2D eigenvalue weighted by molar-refractivity contribution is -0.906. The highest BCUT2D eigenvalue weighted by molar-refractivity contribution is 9.10. The van der Waals surface area contributed by atoms with Crippen molar-refractivity contribution in [2.24, 2.45) is 0 Å². The van der Waals surface area contributed by atoms with Gasteiger partial charge in [0.2, 0.25) is 0 Å². The molecule has 0 radical (unpaired) electrons. The van der Waals surface area contributed by atoms with Crippen LogP contribution in [-0.2, 0) is 4.79 Å². The largest absolute Gasteiger partial charge is 0.321 e. The zero-order valence-corrected chi connectivity index (χ0v) is 13.2. The van der Waals surface area contributed by atoms with Gasteiger partial charge in [-0.25, -0.2) is 0 Å². The van der Waals surface area contributed by atoms with Gasteiger partial charge < -0.3 is 9.80 Å². The molecule has 0 aliphatic heterocycles. The molecule has 1 aliphatic carbocycles. The van der Waals surface area contributed by atoms with E-state index in [2.05, 4.69) is 35.3 Å². The molecule has 1 fully saturated rings. The van der Waals surface area contributed by atoms with Crippen LogP contribution in [0.2, 0.25) is 0 Å². The molecule has 2 rings (SSSR count). The van der Waals surface area contributed by atoms with Crippen molar-refractivity contribution in [2.45, 2.75) is 31.7 Å². The summed E-state index contributed by atoms with van der Waals surface area (Å²) >= 11 is 3.39. The van der Waals surface area contributed by atoms with Gasteiger partial charge in [0.25, 0.3) is 5.91 Å². The number of quaternary nitrogens is 1. The van der Waals surface area contributed by atoms with Gasteiger partial charge in [-0.05, 0) is 49.9 Å². The number of benzene rings is 1. The summed E-state index contributed by atoms with van der Waals surface area (Å²) in [5, 5.41) is 2.97. The molecular formula is C15H22BrN2O+. The van der Waals surface area contributed by atoms with E-state index in [1.165, 1.54) is 25.7 Å². The molecule has 104 valence electrons. The SMILES string of the molecule is C[N+](C)(CC(=O)Nc1ccc(Br)cc1)C1CCCC1. The molecule has 3 nitrogen and oxygen atoms in total. The van der Waals surface area contributed by atoms with Crippen LogP contribution < -0.4 is 5.32 Å². The molecule has 1 aliphatic rings. The predicted octanol–water partition coefficient (Wildman–Crippen LogP) is 3.41. The normalized spacial score (nSPS) is 16.6. The fourth-order valence-corrected chi connectivity index (χ4v) is 3.10. The van der Waals surface area contributed by atoms with E-state index in [9.17, 15) is 4.79 Å². The van der Waals surface area contributed by atoms with Crippen LogP contribution in [0.3, 0.4) is 0 Å². The van der Waals surface area contributed by atoms with E-state index < -0.39 is 0 Å². The van der Waals surface area contributed by atoms with Gasteiger partial charge in [0, 0.05) is 10.2 Å². The molecule has 0 atom stereocenters. The summed E-state index contributed by atoms with van der Waals surface area (Å²) in [6.45, 7) is 0.542. The molecule has 0 unspecified atom stereocenters. The highest BCUT2D eigenvalue weighted by Gasteiger charge is 2.32. The number of anilines is 1. The number of rotatable bonds is 4. The second-order valence-corrected chi connectivity index (χ2v) is 6.85. The van der Waals surface area contributed by atoms with Crippen LogP contribution in [0.15, 0.2) is 28.7 Å². The first-order valence-electron chi connectivity index (χ1n) is 6.85. The molecule has 4 heteroatoms. The molecule has 1 aromatic carbocycles. The van der Waals surface area contributed by atoms with Gasteiger partial charge in [-0.2, -0.15) is 0 Å². The second-order valence-electron chi connectivity index (χ2n) is 5.93. The van der Waals surface area contributed by atoms with E-state index in [4.69, 9.17) is 0 Å². The molecule has 19 heavy (non-hydrogen) atoms. The average molecular weight is 326 g/mol. The molecule has 0 spiro atoms. The fourth-order valence-electron chi connectivity index (χ4n) is 2.84. The molecule has 1 aromatic rings. The summed E-state index contributed by atoms with van der Waals surface area (Å²) in [7, 11) is 4.33. The first-order chi connectivity index (χ1) is 8.97. The summed E-state index contributed by atoms with van der Waals surface area (Å²) in [5.41, 5.74) is 0.861. The van der Waals surface area contributed by atoms with Gasteiger partial charge in [0.15, 0.2) is 6.54 Å². The van der Waals surface area contributed by atoms with Crippen molar-refractivity contribution in [3.8, 4) is 0 Å². The van der Waals surface area contributed by atoms with E-state index in [0.717, 1.165) is 14.6 Å². The minimum Gasteiger partial charge on any atom is -0.321 e. The van der Waals surface area contributed by atoms with E-state index in [1.54, 1.807) is 0 Å². The Balaban J connectivity index is 1.91. The number of nitrogens with one attached hydrogen (secondary N) is 1. The van der Waals surface area contributed by atoms with Gasteiger partial charge in [0.1, 0.15) is 0 Å². The third kappa shape index (κ3) is 4.05. The van der Waals surface area contributed by atoms with Gasteiger partial charge in [-0.1, -0.05) is 15.9 Å². The van der Waals surface area contributed by atoms with Crippen LogP contribution in [0.1, 0.15) is 25.7 Å². The molecule has 1 amide bonds. The minimum atomic E-state index is 0.0965. The molecule has 0 bridgehead atoms. The number of carbonyl (C=O) groups excluding carboxylic acids is 1. The summed E-state index contributed by atoms with van der Waals surface area (Å²) in [4.78, 5) is 12.1. The number of halogens is 1. The summed E-state index contributed by atoms with van der Waals surface area (Å²) in [5.74, 6) is 0.0965. The maximum Gasteiger partial charge on any atom is 0.279 e. The number of amides is 1.